The first kappa shape index (κ1) is 22.4. The molecule has 0 unspecified atom stereocenters. The van der Waals surface area contributed by atoms with Crippen LogP contribution < -0.4 is 20.5 Å². The van der Waals surface area contributed by atoms with Gasteiger partial charge in [-0.1, -0.05) is 18.2 Å². The average molecular weight is 440 g/mol. The fourth-order valence-corrected chi connectivity index (χ4v) is 3.83. The maximum atomic E-state index is 11.7. The van der Waals surface area contributed by atoms with Gasteiger partial charge in [-0.2, -0.15) is 0 Å². The summed E-state index contributed by atoms with van der Waals surface area (Å²) in [6, 6.07) is 10.5. The largest absolute Gasteiger partial charge is 0.480 e. The molecule has 0 saturated heterocycles. The molecule has 156 valence electrons. The minimum absolute atomic E-state index is 0.00365. The first-order valence-corrected chi connectivity index (χ1v) is 11.2. The van der Waals surface area contributed by atoms with Gasteiger partial charge < -0.3 is 20.9 Å². The lowest BCUT2D eigenvalue weighted by atomic mass is 10.2. The fourth-order valence-electron chi connectivity index (χ4n) is 2.27. The molecule has 0 aliphatic heterocycles. The number of benzene rings is 2. The van der Waals surface area contributed by atoms with Crippen LogP contribution in [0.25, 0.3) is 0 Å². The molecule has 2 rings (SSSR count). The standard InChI is InChI=1S/C18H21N3O6S2/c1-11(22)20-15(18(23)24)10-28-17-9-14(21-29(2,25)26)16(8-13(17)19)27-12-6-4-3-5-7-12/h3-9,15,21H,10,19H2,1-2H3,(H,20,22)(H,23,24)/t15-/m0/s1. The summed E-state index contributed by atoms with van der Waals surface area (Å²) in [5.74, 6) is -0.988. The fraction of sp³-hybridized carbons (Fsp3) is 0.222. The van der Waals surface area contributed by atoms with Crippen molar-refractivity contribution in [3.05, 3.63) is 42.5 Å². The van der Waals surface area contributed by atoms with Crippen molar-refractivity contribution in [1.82, 2.24) is 5.32 Å². The number of anilines is 2. The number of hydrogen-bond acceptors (Lipinski definition) is 7. The number of aliphatic carboxylic acids is 1. The Morgan fingerprint density at radius 3 is 2.45 bits per heavy atom. The van der Waals surface area contributed by atoms with Crippen LogP contribution in [0.1, 0.15) is 6.92 Å². The third-order valence-corrected chi connectivity index (χ3v) is 5.21. The van der Waals surface area contributed by atoms with Crippen LogP contribution in [0.5, 0.6) is 11.5 Å². The zero-order valence-electron chi connectivity index (χ0n) is 15.7. The summed E-state index contributed by atoms with van der Waals surface area (Å²) in [7, 11) is -3.61. The van der Waals surface area contributed by atoms with Crippen molar-refractivity contribution in [1.29, 1.82) is 0 Å². The lowest BCUT2D eigenvalue weighted by Crippen LogP contribution is -2.41. The van der Waals surface area contributed by atoms with E-state index in [4.69, 9.17) is 10.5 Å². The molecule has 0 aromatic heterocycles. The van der Waals surface area contributed by atoms with Crippen molar-refractivity contribution in [2.45, 2.75) is 17.9 Å². The van der Waals surface area contributed by atoms with Gasteiger partial charge in [0, 0.05) is 29.3 Å². The molecular formula is C18H21N3O6S2. The Hall–Kier alpha value is -2.92. The molecule has 0 heterocycles. The van der Waals surface area contributed by atoms with E-state index in [9.17, 15) is 23.1 Å². The number of rotatable bonds is 9. The van der Waals surface area contributed by atoms with Crippen LogP contribution in [0.2, 0.25) is 0 Å². The SMILES string of the molecule is CC(=O)N[C@@H](CSc1cc(NS(C)(=O)=O)c(Oc2ccccc2)cc1N)C(=O)O. The summed E-state index contributed by atoms with van der Waals surface area (Å²) in [4.78, 5) is 22.9. The van der Waals surface area contributed by atoms with Crippen molar-refractivity contribution < 1.29 is 27.9 Å². The van der Waals surface area contributed by atoms with Crippen molar-refractivity contribution in [3.63, 3.8) is 0 Å². The molecule has 9 nitrogen and oxygen atoms in total. The molecule has 0 bridgehead atoms. The van der Waals surface area contributed by atoms with Crippen molar-refractivity contribution >= 4 is 45.0 Å². The van der Waals surface area contributed by atoms with E-state index in [0.29, 0.717) is 10.6 Å². The van der Waals surface area contributed by atoms with Crippen molar-refractivity contribution in [2.75, 3.05) is 22.5 Å². The minimum Gasteiger partial charge on any atom is -0.480 e. The van der Waals surface area contributed by atoms with Gasteiger partial charge in [0.1, 0.15) is 11.8 Å². The van der Waals surface area contributed by atoms with E-state index in [2.05, 4.69) is 10.0 Å². The Balaban J connectivity index is 2.32. The second-order valence-electron chi connectivity index (χ2n) is 6.08. The molecular weight excluding hydrogens is 418 g/mol. The van der Waals surface area contributed by atoms with Crippen LogP contribution in [-0.2, 0) is 19.6 Å². The van der Waals surface area contributed by atoms with Crippen LogP contribution in [0.4, 0.5) is 11.4 Å². The molecule has 11 heteroatoms. The van der Waals surface area contributed by atoms with Gasteiger partial charge in [0.05, 0.1) is 11.9 Å². The third-order valence-electron chi connectivity index (χ3n) is 3.46. The quantitative estimate of drug-likeness (QED) is 0.343. The molecule has 0 saturated carbocycles. The number of carboxylic acids is 1. The summed E-state index contributed by atoms with van der Waals surface area (Å²) in [5.41, 5.74) is 6.48. The van der Waals surface area contributed by atoms with Gasteiger partial charge in [0.25, 0.3) is 0 Å². The van der Waals surface area contributed by atoms with E-state index in [1.165, 1.54) is 19.1 Å². The predicted octanol–water partition coefficient (Wildman–Crippen LogP) is 2.11. The second kappa shape index (κ2) is 9.52. The highest BCUT2D eigenvalue weighted by Gasteiger charge is 2.20. The highest BCUT2D eigenvalue weighted by atomic mass is 32.2. The van der Waals surface area contributed by atoms with Gasteiger partial charge in [-0.05, 0) is 18.2 Å². The predicted molar refractivity (Wildman–Crippen MR) is 112 cm³/mol. The van der Waals surface area contributed by atoms with E-state index in [1.54, 1.807) is 24.3 Å². The smallest absolute Gasteiger partial charge is 0.327 e. The third kappa shape index (κ3) is 7.20. The summed E-state index contributed by atoms with van der Waals surface area (Å²) in [6.07, 6.45) is 1.000. The normalized spacial score (nSPS) is 12.1. The molecule has 1 atom stereocenters. The highest BCUT2D eigenvalue weighted by Crippen LogP contribution is 2.38. The number of para-hydroxylation sites is 1. The Morgan fingerprint density at radius 2 is 1.90 bits per heavy atom. The van der Waals surface area contributed by atoms with Crippen LogP contribution in [0.3, 0.4) is 0 Å². The van der Waals surface area contributed by atoms with Crippen LogP contribution >= 0.6 is 11.8 Å². The summed E-state index contributed by atoms with van der Waals surface area (Å²) < 4.78 is 31.6. The number of thioether (sulfide) groups is 1. The number of carboxylic acid groups (broad SMARTS) is 1. The zero-order valence-corrected chi connectivity index (χ0v) is 17.3. The number of carbonyl (C=O) groups excluding carboxylic acids is 1. The van der Waals surface area contributed by atoms with Crippen molar-refractivity contribution in [2.24, 2.45) is 0 Å². The van der Waals surface area contributed by atoms with Crippen LogP contribution in [-0.4, -0.2) is 43.5 Å². The molecule has 0 radical (unpaired) electrons. The molecule has 0 aliphatic rings. The number of nitrogens with one attached hydrogen (secondary N) is 2. The van der Waals surface area contributed by atoms with Gasteiger partial charge >= 0.3 is 5.97 Å². The zero-order chi connectivity index (χ0) is 21.6. The van der Waals surface area contributed by atoms with Crippen LogP contribution in [0.15, 0.2) is 47.4 Å². The molecule has 0 aliphatic carbocycles. The number of carbonyl (C=O) groups is 2. The number of amides is 1. The van der Waals surface area contributed by atoms with Gasteiger partial charge in [-0.25, -0.2) is 13.2 Å². The number of ether oxygens (including phenoxy) is 1. The Kier molecular flexibility index (Phi) is 7.35. The molecule has 0 fully saturated rings. The van der Waals surface area contributed by atoms with E-state index in [0.717, 1.165) is 18.0 Å². The lowest BCUT2D eigenvalue weighted by molar-refractivity contribution is -0.140. The minimum atomic E-state index is -3.61. The molecule has 2 aromatic rings. The second-order valence-corrected chi connectivity index (χ2v) is 8.89. The Labute approximate surface area is 172 Å². The summed E-state index contributed by atoms with van der Waals surface area (Å²) in [5, 5.41) is 11.5. The first-order chi connectivity index (χ1) is 13.5. The van der Waals surface area contributed by atoms with Gasteiger partial charge in [0.15, 0.2) is 5.75 Å². The Bertz CT molecular complexity index is 996. The van der Waals surface area contributed by atoms with E-state index in [-0.39, 0.29) is 22.9 Å². The highest BCUT2D eigenvalue weighted by molar-refractivity contribution is 7.99. The molecule has 1 amide bonds. The topological polar surface area (TPSA) is 148 Å². The number of nitrogens with two attached hydrogens (primary N) is 1. The van der Waals surface area contributed by atoms with Gasteiger partial charge in [-0.15, -0.1) is 11.8 Å². The van der Waals surface area contributed by atoms with Crippen LogP contribution in [0, 0.1) is 0 Å². The Morgan fingerprint density at radius 1 is 1.24 bits per heavy atom. The summed E-state index contributed by atoms with van der Waals surface area (Å²) >= 11 is 1.07. The summed E-state index contributed by atoms with van der Waals surface area (Å²) in [6.45, 7) is 1.22. The number of nitrogen functional groups attached to an aromatic ring is 1. The first-order valence-electron chi connectivity index (χ1n) is 8.32. The van der Waals surface area contributed by atoms with Gasteiger partial charge in [-0.3, -0.25) is 9.52 Å². The lowest BCUT2D eigenvalue weighted by Gasteiger charge is -2.17. The average Bonchev–Trinajstić information content (AvgIpc) is 2.61. The maximum absolute atomic E-state index is 11.7. The van der Waals surface area contributed by atoms with Crippen molar-refractivity contribution in [3.8, 4) is 11.5 Å². The number of hydrogen-bond donors (Lipinski definition) is 4. The molecule has 2 aromatic carbocycles. The monoisotopic (exact) mass is 439 g/mol. The van der Waals surface area contributed by atoms with E-state index < -0.39 is 27.9 Å². The molecule has 0 spiro atoms. The molecule has 5 N–H and O–H groups in total. The van der Waals surface area contributed by atoms with Gasteiger partial charge in [0.2, 0.25) is 15.9 Å². The van der Waals surface area contributed by atoms with E-state index in [1.807, 2.05) is 6.07 Å². The van der Waals surface area contributed by atoms with E-state index >= 15 is 0 Å². The number of sulfonamides is 1. The maximum Gasteiger partial charge on any atom is 0.327 e. The molecule has 29 heavy (non-hydrogen) atoms.